The van der Waals surface area contributed by atoms with Crippen LogP contribution in [0.3, 0.4) is 0 Å². The first-order valence-electron chi connectivity index (χ1n) is 5.45. The maximum absolute atomic E-state index is 13.5. The molecule has 0 aliphatic carbocycles. The zero-order chi connectivity index (χ0) is 12.5. The van der Waals surface area contributed by atoms with Gasteiger partial charge in [-0.3, -0.25) is 4.98 Å². The van der Waals surface area contributed by atoms with Crippen LogP contribution in [0.5, 0.6) is 0 Å². The standard InChI is InChI=1S/C13H9F2N3/c14-9-3-1-2-8(13(9)15)6-12-17-10-4-5-16-7-11(10)18-12/h1-5,7H,6H2,(H,17,18). The average molecular weight is 245 g/mol. The Kier molecular flexibility index (Phi) is 2.51. The van der Waals surface area contributed by atoms with Gasteiger partial charge in [0.2, 0.25) is 0 Å². The fraction of sp³-hybridized carbons (Fsp3) is 0.0769. The SMILES string of the molecule is Fc1cccc(Cc2nc3ccncc3[nH]2)c1F. The molecule has 2 heterocycles. The zero-order valence-electron chi connectivity index (χ0n) is 9.32. The van der Waals surface area contributed by atoms with Crippen molar-refractivity contribution < 1.29 is 8.78 Å². The van der Waals surface area contributed by atoms with Crippen LogP contribution in [0.1, 0.15) is 11.4 Å². The number of aromatic nitrogens is 3. The molecule has 1 aromatic carbocycles. The van der Waals surface area contributed by atoms with Crippen molar-refractivity contribution in [1.82, 2.24) is 15.0 Å². The number of H-pyrrole nitrogens is 1. The molecule has 5 heteroatoms. The zero-order valence-corrected chi connectivity index (χ0v) is 9.32. The van der Waals surface area contributed by atoms with Gasteiger partial charge in [-0.05, 0) is 17.7 Å². The number of fused-ring (bicyclic) bond motifs is 1. The van der Waals surface area contributed by atoms with Crippen LogP contribution in [-0.2, 0) is 6.42 Å². The number of nitrogens with zero attached hydrogens (tertiary/aromatic N) is 2. The average Bonchev–Trinajstić information content (AvgIpc) is 2.77. The first kappa shape index (κ1) is 10.8. The maximum Gasteiger partial charge on any atom is 0.162 e. The number of rotatable bonds is 2. The van der Waals surface area contributed by atoms with Crippen LogP contribution in [0.25, 0.3) is 11.0 Å². The Labute approximate surface area is 102 Å². The molecule has 0 radical (unpaired) electrons. The van der Waals surface area contributed by atoms with Crippen molar-refractivity contribution in [2.24, 2.45) is 0 Å². The highest BCUT2D eigenvalue weighted by Crippen LogP contribution is 2.16. The molecule has 0 aliphatic heterocycles. The van der Waals surface area contributed by atoms with Crippen molar-refractivity contribution in [1.29, 1.82) is 0 Å². The van der Waals surface area contributed by atoms with Crippen molar-refractivity contribution in [2.45, 2.75) is 6.42 Å². The van der Waals surface area contributed by atoms with E-state index in [0.717, 1.165) is 17.1 Å². The number of pyridine rings is 1. The van der Waals surface area contributed by atoms with E-state index in [0.29, 0.717) is 5.82 Å². The lowest BCUT2D eigenvalue weighted by molar-refractivity contribution is 0.500. The van der Waals surface area contributed by atoms with Gasteiger partial charge in [0.25, 0.3) is 0 Å². The number of aromatic amines is 1. The lowest BCUT2D eigenvalue weighted by atomic mass is 10.1. The van der Waals surface area contributed by atoms with E-state index in [1.807, 2.05) is 0 Å². The second kappa shape index (κ2) is 4.18. The molecule has 90 valence electrons. The molecule has 0 bridgehead atoms. The molecule has 18 heavy (non-hydrogen) atoms. The highest BCUT2D eigenvalue weighted by molar-refractivity contribution is 5.73. The lowest BCUT2D eigenvalue weighted by Gasteiger charge is -2.00. The molecular weight excluding hydrogens is 236 g/mol. The summed E-state index contributed by atoms with van der Waals surface area (Å²) in [5.74, 6) is -1.08. The molecule has 3 aromatic rings. The predicted molar refractivity (Wildman–Crippen MR) is 63.1 cm³/mol. The van der Waals surface area contributed by atoms with Gasteiger partial charge in [0.05, 0.1) is 17.2 Å². The first-order chi connectivity index (χ1) is 8.74. The third-order valence-electron chi connectivity index (χ3n) is 2.72. The Morgan fingerprint density at radius 3 is 2.89 bits per heavy atom. The second-order valence-electron chi connectivity index (χ2n) is 3.97. The van der Waals surface area contributed by atoms with Crippen molar-refractivity contribution in [3.63, 3.8) is 0 Å². The highest BCUT2D eigenvalue weighted by atomic mass is 19.2. The summed E-state index contributed by atoms with van der Waals surface area (Å²) in [4.78, 5) is 11.3. The Hall–Kier alpha value is -2.30. The van der Waals surface area contributed by atoms with Gasteiger partial charge in [0.15, 0.2) is 11.6 Å². The van der Waals surface area contributed by atoms with Crippen molar-refractivity contribution >= 4 is 11.0 Å². The highest BCUT2D eigenvalue weighted by Gasteiger charge is 2.10. The molecule has 0 fully saturated rings. The van der Waals surface area contributed by atoms with Crippen LogP contribution in [0.2, 0.25) is 0 Å². The molecule has 0 saturated heterocycles. The molecule has 3 rings (SSSR count). The topological polar surface area (TPSA) is 41.6 Å². The van der Waals surface area contributed by atoms with Crippen LogP contribution in [-0.4, -0.2) is 15.0 Å². The van der Waals surface area contributed by atoms with Gasteiger partial charge in [0, 0.05) is 12.6 Å². The largest absolute Gasteiger partial charge is 0.340 e. The minimum atomic E-state index is -0.842. The smallest absolute Gasteiger partial charge is 0.162 e. The molecule has 0 saturated carbocycles. The van der Waals surface area contributed by atoms with Crippen LogP contribution in [0, 0.1) is 11.6 Å². The fourth-order valence-electron chi connectivity index (χ4n) is 1.86. The van der Waals surface area contributed by atoms with Crippen LogP contribution < -0.4 is 0 Å². The van der Waals surface area contributed by atoms with E-state index in [9.17, 15) is 8.78 Å². The summed E-state index contributed by atoms with van der Waals surface area (Å²) < 4.78 is 26.6. The Morgan fingerprint density at radius 2 is 2.06 bits per heavy atom. The van der Waals surface area contributed by atoms with Gasteiger partial charge in [-0.1, -0.05) is 12.1 Å². The fourth-order valence-corrected chi connectivity index (χ4v) is 1.86. The van der Waals surface area contributed by atoms with E-state index >= 15 is 0 Å². The van der Waals surface area contributed by atoms with Gasteiger partial charge in [-0.15, -0.1) is 0 Å². The predicted octanol–water partition coefficient (Wildman–Crippen LogP) is 2.83. The minimum absolute atomic E-state index is 0.221. The van der Waals surface area contributed by atoms with Gasteiger partial charge in [-0.25, -0.2) is 13.8 Å². The number of hydrogen-bond donors (Lipinski definition) is 1. The second-order valence-corrected chi connectivity index (χ2v) is 3.97. The van der Waals surface area contributed by atoms with E-state index in [-0.39, 0.29) is 12.0 Å². The summed E-state index contributed by atoms with van der Waals surface area (Å²) >= 11 is 0. The number of benzene rings is 1. The summed E-state index contributed by atoms with van der Waals surface area (Å²) in [7, 11) is 0. The van der Waals surface area contributed by atoms with E-state index < -0.39 is 11.6 Å². The van der Waals surface area contributed by atoms with Crippen LogP contribution in [0.15, 0.2) is 36.7 Å². The number of halogens is 2. The van der Waals surface area contributed by atoms with Gasteiger partial charge in [0.1, 0.15) is 5.82 Å². The third kappa shape index (κ3) is 1.84. The summed E-state index contributed by atoms with van der Waals surface area (Å²) in [5.41, 5.74) is 1.82. The molecular formula is C13H9F2N3. The Morgan fingerprint density at radius 1 is 1.17 bits per heavy atom. The Balaban J connectivity index is 1.99. The molecule has 0 unspecified atom stereocenters. The molecule has 2 aromatic heterocycles. The molecule has 0 amide bonds. The third-order valence-corrected chi connectivity index (χ3v) is 2.72. The van der Waals surface area contributed by atoms with E-state index in [1.165, 1.54) is 6.07 Å². The van der Waals surface area contributed by atoms with Crippen molar-refractivity contribution in [2.75, 3.05) is 0 Å². The maximum atomic E-state index is 13.5. The van der Waals surface area contributed by atoms with Crippen molar-refractivity contribution in [3.05, 3.63) is 59.7 Å². The number of hydrogen-bond acceptors (Lipinski definition) is 2. The summed E-state index contributed by atoms with van der Waals surface area (Å²) in [6.45, 7) is 0. The molecule has 3 nitrogen and oxygen atoms in total. The van der Waals surface area contributed by atoms with E-state index in [2.05, 4.69) is 15.0 Å². The van der Waals surface area contributed by atoms with E-state index in [1.54, 1.807) is 24.5 Å². The summed E-state index contributed by atoms with van der Waals surface area (Å²) in [6, 6.07) is 5.89. The summed E-state index contributed by atoms with van der Waals surface area (Å²) in [5, 5.41) is 0. The molecule has 1 N–H and O–H groups in total. The Bertz CT molecular complexity index is 673. The number of imidazole rings is 1. The summed E-state index contributed by atoms with van der Waals surface area (Å²) in [6.07, 6.45) is 3.50. The van der Waals surface area contributed by atoms with Gasteiger partial charge in [-0.2, -0.15) is 0 Å². The lowest BCUT2D eigenvalue weighted by Crippen LogP contribution is -1.97. The molecule has 0 aliphatic rings. The van der Waals surface area contributed by atoms with Crippen LogP contribution in [0.4, 0.5) is 8.78 Å². The minimum Gasteiger partial charge on any atom is -0.340 e. The van der Waals surface area contributed by atoms with Gasteiger partial charge >= 0.3 is 0 Å². The normalized spacial score (nSPS) is 11.0. The number of nitrogens with one attached hydrogen (secondary N) is 1. The first-order valence-corrected chi connectivity index (χ1v) is 5.45. The molecule has 0 spiro atoms. The molecule has 0 atom stereocenters. The van der Waals surface area contributed by atoms with E-state index in [4.69, 9.17) is 0 Å². The quantitative estimate of drug-likeness (QED) is 0.754. The van der Waals surface area contributed by atoms with Crippen LogP contribution >= 0.6 is 0 Å². The monoisotopic (exact) mass is 245 g/mol. The van der Waals surface area contributed by atoms with Crippen molar-refractivity contribution in [3.8, 4) is 0 Å². The van der Waals surface area contributed by atoms with Gasteiger partial charge < -0.3 is 4.98 Å².